The van der Waals surface area contributed by atoms with E-state index in [-0.39, 0.29) is 40.9 Å². The molecule has 8 heteroatoms. The number of rotatable bonds is 6. The van der Waals surface area contributed by atoms with Gasteiger partial charge in [0, 0.05) is 11.1 Å². The molecule has 0 radical (unpaired) electrons. The van der Waals surface area contributed by atoms with E-state index in [9.17, 15) is 14.7 Å². The monoisotopic (exact) mass is 448 g/mol. The van der Waals surface area contributed by atoms with Gasteiger partial charge < -0.3 is 9.90 Å². The molecule has 1 aliphatic carbocycles. The van der Waals surface area contributed by atoms with E-state index in [0.717, 1.165) is 43.0 Å². The second-order valence-corrected chi connectivity index (χ2v) is 9.07. The van der Waals surface area contributed by atoms with Crippen molar-refractivity contribution >= 4 is 51.4 Å². The molecule has 4 rings (SSSR count). The van der Waals surface area contributed by atoms with Crippen molar-refractivity contribution in [2.75, 3.05) is 0 Å². The Morgan fingerprint density at radius 3 is 2.50 bits per heavy atom. The van der Waals surface area contributed by atoms with Gasteiger partial charge in [-0.25, -0.2) is 0 Å². The minimum absolute atomic E-state index is 0. The summed E-state index contributed by atoms with van der Waals surface area (Å²) in [6, 6.07) is 6.96. The number of carbonyl (C=O) groups excluding carboxylic acids is 2. The average Bonchev–Trinajstić information content (AvgIpc) is 3.36. The number of allylic oxidation sites excluding steroid dienone is 1. The molecule has 0 unspecified atom stereocenters. The van der Waals surface area contributed by atoms with E-state index in [1.165, 1.54) is 17.8 Å². The molecule has 150 valence electrons. The second kappa shape index (κ2) is 10.3. The summed E-state index contributed by atoms with van der Waals surface area (Å²) < 4.78 is 8.39. The number of ketones is 1. The van der Waals surface area contributed by atoms with Crippen LogP contribution >= 0.6 is 23.1 Å². The van der Waals surface area contributed by atoms with Gasteiger partial charge in [-0.15, -0.1) is 11.3 Å². The van der Waals surface area contributed by atoms with E-state index in [1.54, 1.807) is 18.2 Å². The third kappa shape index (κ3) is 5.08. The van der Waals surface area contributed by atoms with Gasteiger partial charge in [-0.05, 0) is 54.0 Å². The quantitative estimate of drug-likeness (QED) is 0.324. The second-order valence-electron chi connectivity index (χ2n) is 7.63. The maximum absolute atomic E-state index is 13.4. The van der Waals surface area contributed by atoms with Crippen molar-refractivity contribution in [1.29, 1.82) is 0 Å². The van der Waals surface area contributed by atoms with Gasteiger partial charge in [-0.2, -0.15) is 8.75 Å². The molecule has 0 N–H and O–H groups in total. The number of aryl methyl sites for hydroxylation is 1. The maximum atomic E-state index is 13.4. The number of carboxylic acid groups (broad SMARTS) is 1. The Hall–Kier alpha value is -1.38. The number of thiophene rings is 1. The molecule has 3 aromatic rings. The Morgan fingerprint density at radius 1 is 1.10 bits per heavy atom. The number of Topliss-reactive ketones (excluding diaryl/α,β-unsaturated/α-hetero) is 1. The zero-order chi connectivity index (χ0) is 20.4. The summed E-state index contributed by atoms with van der Waals surface area (Å²) in [5.41, 5.74) is 3.13. The van der Waals surface area contributed by atoms with Crippen LogP contribution in [-0.4, -0.2) is 20.5 Å². The number of hydrogen-bond donors (Lipinski definition) is 0. The van der Waals surface area contributed by atoms with Crippen LogP contribution in [0.25, 0.3) is 16.6 Å². The summed E-state index contributed by atoms with van der Waals surface area (Å²) in [5.74, 6) is -1.20. The van der Waals surface area contributed by atoms with Gasteiger partial charge in [0.1, 0.15) is 11.0 Å². The molecular formula is C22H21N2NaO3S2. The van der Waals surface area contributed by atoms with Crippen molar-refractivity contribution in [3.05, 3.63) is 51.2 Å². The number of aromatic nitrogens is 2. The number of nitrogens with zero attached hydrogens (tertiary/aromatic N) is 2. The maximum Gasteiger partial charge on any atom is 1.00 e. The Labute approximate surface area is 205 Å². The molecule has 0 atom stereocenters. The zero-order valence-electron chi connectivity index (χ0n) is 17.1. The molecule has 0 aliphatic heterocycles. The fourth-order valence-corrected chi connectivity index (χ4v) is 5.42. The first kappa shape index (κ1) is 23.3. The van der Waals surface area contributed by atoms with Crippen LogP contribution in [0.4, 0.5) is 0 Å². The third-order valence-electron chi connectivity index (χ3n) is 5.49. The third-order valence-corrected chi connectivity index (χ3v) is 7.10. The minimum Gasteiger partial charge on any atom is -0.545 e. The molecule has 0 saturated heterocycles. The molecule has 2 heterocycles. The van der Waals surface area contributed by atoms with Gasteiger partial charge in [-0.1, -0.05) is 38.2 Å². The first-order chi connectivity index (χ1) is 14.0. The van der Waals surface area contributed by atoms with Crippen molar-refractivity contribution in [1.82, 2.24) is 8.75 Å². The number of benzene rings is 1. The zero-order valence-corrected chi connectivity index (χ0v) is 20.8. The smallest absolute Gasteiger partial charge is 0.545 e. The summed E-state index contributed by atoms with van der Waals surface area (Å²) in [6.45, 7) is 1.93. The van der Waals surface area contributed by atoms with Gasteiger partial charge >= 0.3 is 29.6 Å². The van der Waals surface area contributed by atoms with Crippen molar-refractivity contribution in [3.63, 3.8) is 0 Å². The predicted molar refractivity (Wildman–Crippen MR) is 114 cm³/mol. The molecule has 30 heavy (non-hydrogen) atoms. The van der Waals surface area contributed by atoms with Gasteiger partial charge in [-0.3, -0.25) is 4.79 Å². The molecule has 1 aromatic carbocycles. The van der Waals surface area contributed by atoms with Crippen LogP contribution in [0.15, 0.2) is 35.2 Å². The van der Waals surface area contributed by atoms with Gasteiger partial charge in [0.25, 0.3) is 0 Å². The van der Waals surface area contributed by atoms with E-state index in [2.05, 4.69) is 8.75 Å². The fourth-order valence-electron chi connectivity index (χ4n) is 4.04. The number of aliphatic carboxylic acids is 1. The summed E-state index contributed by atoms with van der Waals surface area (Å²) >= 11 is 2.44. The predicted octanol–water partition coefficient (Wildman–Crippen LogP) is 1.42. The Balaban J connectivity index is 0.00000256. The number of carbonyl (C=O) groups is 2. The summed E-state index contributed by atoms with van der Waals surface area (Å²) in [7, 11) is 0. The minimum atomic E-state index is -1.32. The summed E-state index contributed by atoms with van der Waals surface area (Å²) in [4.78, 5) is 26.2. The first-order valence-corrected chi connectivity index (χ1v) is 11.4. The van der Waals surface area contributed by atoms with Gasteiger partial charge in [0.05, 0.1) is 22.6 Å². The molecular weight excluding hydrogens is 427 g/mol. The summed E-state index contributed by atoms with van der Waals surface area (Å²) in [5, 5.41) is 14.2. The molecule has 0 spiro atoms. The van der Waals surface area contributed by atoms with E-state index in [4.69, 9.17) is 0 Å². The fraction of sp³-hybridized carbons (Fsp3) is 0.364. The Kier molecular flexibility index (Phi) is 7.98. The van der Waals surface area contributed by atoms with Gasteiger partial charge in [0.15, 0.2) is 5.78 Å². The van der Waals surface area contributed by atoms with Crippen LogP contribution in [0, 0.1) is 12.8 Å². The first-order valence-electron chi connectivity index (χ1n) is 9.80. The molecule has 5 nitrogen and oxygen atoms in total. The largest absolute Gasteiger partial charge is 1.00 e. The molecule has 1 saturated carbocycles. The molecule has 1 fully saturated rings. The SMILES string of the molecule is Cc1csc(C(=O)C(CC2CCCCC2)=C(C(=O)[O-])c2ccc3nsnc3c2)c1.[Na+]. The van der Waals surface area contributed by atoms with Crippen LogP contribution in [0.2, 0.25) is 0 Å². The van der Waals surface area contributed by atoms with Crippen molar-refractivity contribution in [3.8, 4) is 0 Å². The molecule has 0 bridgehead atoms. The van der Waals surface area contributed by atoms with Crippen molar-refractivity contribution in [2.45, 2.75) is 45.4 Å². The standard InChI is InChI=1S/C22H22N2O3S2.Na/c1-13-9-19(28-12-13)21(25)16(10-14-5-3-2-4-6-14)20(22(26)27)15-7-8-17-18(11-15)24-29-23-17;/h7-9,11-12,14H,2-6,10H2,1H3,(H,26,27);/q;+1/p-1. The van der Waals surface area contributed by atoms with E-state index in [0.29, 0.717) is 39.4 Å². The summed E-state index contributed by atoms with van der Waals surface area (Å²) in [6.07, 6.45) is 5.97. The van der Waals surface area contributed by atoms with Crippen LogP contribution < -0.4 is 34.7 Å². The number of carboxylic acids is 1. The molecule has 1 aliphatic rings. The molecule has 0 amide bonds. The van der Waals surface area contributed by atoms with E-state index in [1.807, 2.05) is 18.4 Å². The van der Waals surface area contributed by atoms with Gasteiger partial charge in [0.2, 0.25) is 0 Å². The average molecular weight is 449 g/mol. The van der Waals surface area contributed by atoms with Crippen LogP contribution in [0.1, 0.15) is 59.3 Å². The van der Waals surface area contributed by atoms with Crippen molar-refractivity contribution in [2.24, 2.45) is 5.92 Å². The molecule has 2 aromatic heterocycles. The Morgan fingerprint density at radius 2 is 1.83 bits per heavy atom. The van der Waals surface area contributed by atoms with E-state index >= 15 is 0 Å². The van der Waals surface area contributed by atoms with Crippen LogP contribution in [-0.2, 0) is 4.79 Å². The number of fused-ring (bicyclic) bond motifs is 1. The normalized spacial score (nSPS) is 15.5. The number of hydrogen-bond acceptors (Lipinski definition) is 7. The van der Waals surface area contributed by atoms with Crippen molar-refractivity contribution < 1.29 is 44.3 Å². The Bertz CT molecular complexity index is 1100. The topological polar surface area (TPSA) is 83.0 Å². The van der Waals surface area contributed by atoms with E-state index < -0.39 is 5.97 Å². The van der Waals surface area contributed by atoms with Crippen LogP contribution in [0.3, 0.4) is 0 Å². The van der Waals surface area contributed by atoms with Crippen LogP contribution in [0.5, 0.6) is 0 Å².